The molecule has 0 aliphatic rings. The van der Waals surface area contributed by atoms with E-state index in [1.54, 1.807) is 26.6 Å². The number of hydrogen-bond acceptors (Lipinski definition) is 5. The quantitative estimate of drug-likeness (QED) is 0.450. The first-order chi connectivity index (χ1) is 13.7. The molecule has 0 aliphatic carbocycles. The van der Waals surface area contributed by atoms with E-state index < -0.39 is 0 Å². The van der Waals surface area contributed by atoms with E-state index in [9.17, 15) is 0 Å². The molecule has 2 aromatic heterocycles. The third kappa shape index (κ3) is 3.36. The average molecular weight is 437 g/mol. The lowest BCUT2D eigenvalue weighted by molar-refractivity contribution is 0.354. The van der Waals surface area contributed by atoms with E-state index in [1.807, 2.05) is 59.2 Å². The Morgan fingerprint density at radius 3 is 2.46 bits per heavy atom. The molecular formula is C21H17BrN4O2. The molecule has 0 radical (unpaired) electrons. The van der Waals surface area contributed by atoms with Gasteiger partial charge >= 0.3 is 0 Å². The second-order valence-corrected chi connectivity index (χ2v) is 6.83. The lowest BCUT2D eigenvalue weighted by Gasteiger charge is -2.10. The number of hydrogen-bond donors (Lipinski definition) is 0. The van der Waals surface area contributed by atoms with Crippen molar-refractivity contribution in [3.05, 3.63) is 70.7 Å². The summed E-state index contributed by atoms with van der Waals surface area (Å²) in [6.45, 7) is 0. The fraction of sp³-hybridized carbons (Fsp3) is 0.0952. The Morgan fingerprint density at radius 2 is 1.71 bits per heavy atom. The van der Waals surface area contributed by atoms with Crippen LogP contribution < -0.4 is 9.47 Å². The van der Waals surface area contributed by atoms with Crippen molar-refractivity contribution in [3.63, 3.8) is 0 Å². The summed E-state index contributed by atoms with van der Waals surface area (Å²) in [6.07, 6.45) is 7.30. The number of halogens is 1. The molecule has 2 heterocycles. The Bertz CT molecular complexity index is 1150. The topological polar surface area (TPSA) is 62.1 Å². The third-order valence-electron chi connectivity index (χ3n) is 4.24. The van der Waals surface area contributed by atoms with Gasteiger partial charge in [0, 0.05) is 18.0 Å². The number of methoxy groups -OCH3 is 2. The number of ether oxygens (including phenoxy) is 2. The maximum absolute atomic E-state index is 5.51. The Balaban J connectivity index is 1.85. The minimum absolute atomic E-state index is 0.550. The van der Waals surface area contributed by atoms with Crippen LogP contribution in [0.3, 0.4) is 0 Å². The summed E-state index contributed by atoms with van der Waals surface area (Å²) in [7, 11) is 3.25. The van der Waals surface area contributed by atoms with E-state index in [2.05, 4.69) is 25.9 Å². The number of nitrogens with zero attached hydrogens (tertiary/aromatic N) is 4. The zero-order valence-corrected chi connectivity index (χ0v) is 16.9. The SMILES string of the molecule is COc1cccc(C=Cc2nc3ccccc3n2-c2ncc(Br)cn2)c1OC. The third-order valence-corrected chi connectivity index (χ3v) is 4.65. The summed E-state index contributed by atoms with van der Waals surface area (Å²) in [6, 6.07) is 13.6. The molecule has 6 nitrogen and oxygen atoms in total. The van der Waals surface area contributed by atoms with Crippen LogP contribution in [0.4, 0.5) is 0 Å². The monoisotopic (exact) mass is 436 g/mol. The van der Waals surface area contributed by atoms with Crippen LogP contribution in [0, 0.1) is 0 Å². The summed E-state index contributed by atoms with van der Waals surface area (Å²) in [5.74, 6) is 2.61. The molecule has 0 N–H and O–H groups in total. The van der Waals surface area contributed by atoms with Gasteiger partial charge in [0.1, 0.15) is 5.82 Å². The molecule has 4 rings (SSSR count). The van der Waals surface area contributed by atoms with Crippen LogP contribution in [-0.4, -0.2) is 33.7 Å². The largest absolute Gasteiger partial charge is 0.493 e. The fourth-order valence-corrected chi connectivity index (χ4v) is 3.20. The molecule has 0 saturated carbocycles. The van der Waals surface area contributed by atoms with Gasteiger partial charge in [0.2, 0.25) is 5.95 Å². The molecule has 0 aliphatic heterocycles. The van der Waals surface area contributed by atoms with Gasteiger partial charge in [-0.15, -0.1) is 0 Å². The fourth-order valence-electron chi connectivity index (χ4n) is 3.00. The summed E-state index contributed by atoms with van der Waals surface area (Å²) in [5, 5.41) is 0. The van der Waals surface area contributed by atoms with E-state index in [1.165, 1.54) is 0 Å². The van der Waals surface area contributed by atoms with Crippen LogP contribution in [0.5, 0.6) is 11.5 Å². The Kier molecular flexibility index (Phi) is 5.08. The van der Waals surface area contributed by atoms with Crippen molar-refractivity contribution >= 4 is 39.1 Å². The minimum atomic E-state index is 0.550. The highest BCUT2D eigenvalue weighted by Gasteiger charge is 2.13. The van der Waals surface area contributed by atoms with Crippen LogP contribution >= 0.6 is 15.9 Å². The first-order valence-electron chi connectivity index (χ1n) is 8.55. The van der Waals surface area contributed by atoms with Gasteiger partial charge in [0.05, 0.1) is 29.7 Å². The van der Waals surface area contributed by atoms with Crippen molar-refractivity contribution in [2.75, 3.05) is 14.2 Å². The minimum Gasteiger partial charge on any atom is -0.493 e. The number of aromatic nitrogens is 4. The second-order valence-electron chi connectivity index (χ2n) is 5.91. The molecule has 0 fully saturated rings. The van der Waals surface area contributed by atoms with Gasteiger partial charge in [0.15, 0.2) is 11.5 Å². The highest BCUT2D eigenvalue weighted by Crippen LogP contribution is 2.32. The van der Waals surface area contributed by atoms with Crippen LogP contribution in [0.2, 0.25) is 0 Å². The maximum Gasteiger partial charge on any atom is 0.235 e. The molecule has 140 valence electrons. The number of benzene rings is 2. The molecule has 0 bridgehead atoms. The van der Waals surface area contributed by atoms with Crippen molar-refractivity contribution in [1.82, 2.24) is 19.5 Å². The summed E-state index contributed by atoms with van der Waals surface area (Å²) in [5.41, 5.74) is 2.69. The maximum atomic E-state index is 5.51. The summed E-state index contributed by atoms with van der Waals surface area (Å²) >= 11 is 3.38. The van der Waals surface area contributed by atoms with Crippen LogP contribution in [0.25, 0.3) is 29.1 Å². The average Bonchev–Trinajstić information content (AvgIpc) is 3.10. The highest BCUT2D eigenvalue weighted by molar-refractivity contribution is 9.10. The lowest BCUT2D eigenvalue weighted by Crippen LogP contribution is -2.02. The zero-order valence-electron chi connectivity index (χ0n) is 15.3. The second kappa shape index (κ2) is 7.82. The number of para-hydroxylation sites is 3. The number of fused-ring (bicyclic) bond motifs is 1. The summed E-state index contributed by atoms with van der Waals surface area (Å²) in [4.78, 5) is 13.6. The molecule has 4 aromatic rings. The number of rotatable bonds is 5. The molecule has 2 aromatic carbocycles. The van der Waals surface area contributed by atoms with Gasteiger partial charge in [-0.25, -0.2) is 15.0 Å². The highest BCUT2D eigenvalue weighted by atomic mass is 79.9. The van der Waals surface area contributed by atoms with Gasteiger partial charge in [-0.1, -0.05) is 24.3 Å². The van der Waals surface area contributed by atoms with Crippen molar-refractivity contribution in [1.29, 1.82) is 0 Å². The van der Waals surface area contributed by atoms with Gasteiger partial charge < -0.3 is 9.47 Å². The molecule has 0 unspecified atom stereocenters. The predicted molar refractivity (Wildman–Crippen MR) is 113 cm³/mol. The zero-order chi connectivity index (χ0) is 19.5. The van der Waals surface area contributed by atoms with Gasteiger partial charge in [-0.2, -0.15) is 0 Å². The molecule has 28 heavy (non-hydrogen) atoms. The van der Waals surface area contributed by atoms with Crippen LogP contribution in [-0.2, 0) is 0 Å². The molecule has 0 atom stereocenters. The van der Waals surface area contributed by atoms with Crippen molar-refractivity contribution in [2.24, 2.45) is 0 Å². The van der Waals surface area contributed by atoms with Gasteiger partial charge in [-0.3, -0.25) is 4.57 Å². The molecule has 7 heteroatoms. The van der Waals surface area contributed by atoms with Crippen molar-refractivity contribution in [2.45, 2.75) is 0 Å². The summed E-state index contributed by atoms with van der Waals surface area (Å²) < 4.78 is 13.6. The van der Waals surface area contributed by atoms with Crippen LogP contribution in [0.1, 0.15) is 11.4 Å². The smallest absolute Gasteiger partial charge is 0.235 e. The van der Waals surface area contributed by atoms with Gasteiger partial charge in [-0.05, 0) is 46.3 Å². The number of imidazole rings is 1. The van der Waals surface area contributed by atoms with Gasteiger partial charge in [0.25, 0.3) is 0 Å². The first-order valence-corrected chi connectivity index (χ1v) is 9.35. The molecule has 0 saturated heterocycles. The Labute approximate surface area is 170 Å². The lowest BCUT2D eigenvalue weighted by atomic mass is 10.1. The molecule has 0 amide bonds. The van der Waals surface area contributed by atoms with E-state index in [0.717, 1.165) is 21.1 Å². The first kappa shape index (κ1) is 18.2. The molecular weight excluding hydrogens is 420 g/mol. The predicted octanol–water partition coefficient (Wildman–Crippen LogP) is 4.77. The van der Waals surface area contributed by atoms with E-state index >= 15 is 0 Å². The van der Waals surface area contributed by atoms with E-state index in [0.29, 0.717) is 23.3 Å². The normalized spacial score (nSPS) is 11.2. The van der Waals surface area contributed by atoms with E-state index in [4.69, 9.17) is 14.5 Å². The van der Waals surface area contributed by atoms with Crippen molar-refractivity contribution < 1.29 is 9.47 Å². The van der Waals surface area contributed by atoms with Crippen LogP contribution in [0.15, 0.2) is 59.3 Å². The van der Waals surface area contributed by atoms with E-state index in [-0.39, 0.29) is 0 Å². The Morgan fingerprint density at radius 1 is 0.929 bits per heavy atom. The van der Waals surface area contributed by atoms with Crippen molar-refractivity contribution in [3.8, 4) is 17.4 Å². The molecule has 0 spiro atoms. The standard InChI is InChI=1S/C21H17BrN4O2/c1-27-18-9-5-6-14(20(18)28-2)10-11-19-25-16-7-3-4-8-17(16)26(19)21-23-12-15(22)13-24-21/h3-13H,1-2H3. The Hall–Kier alpha value is -3.19.